The largest absolute Gasteiger partial charge is 0.459 e. The second-order valence-corrected chi connectivity index (χ2v) is 8.40. The van der Waals surface area contributed by atoms with E-state index in [4.69, 9.17) is 9.47 Å². The number of morpholine rings is 1. The Hall–Kier alpha value is -2.64. The van der Waals surface area contributed by atoms with Gasteiger partial charge in [0.25, 0.3) is 0 Å². The Kier molecular flexibility index (Phi) is 6.16. The minimum atomic E-state index is -0.272. The lowest BCUT2D eigenvalue weighted by Gasteiger charge is -2.34. The Balaban J connectivity index is 1.88. The molecule has 1 atom stereocenters. The fourth-order valence-corrected chi connectivity index (χ4v) is 4.49. The SMILES string of the molecule is CCn1nccc1-c1cc2cc(C(=O)OC(C)C)c(C)c(C(C)N3CCOCC3)n2c1. The molecule has 0 saturated carbocycles. The van der Waals surface area contributed by atoms with E-state index in [1.165, 1.54) is 0 Å². The molecule has 0 bridgehead atoms. The van der Waals surface area contributed by atoms with E-state index in [0.717, 1.165) is 60.9 Å². The highest BCUT2D eigenvalue weighted by Crippen LogP contribution is 2.32. The molecule has 0 N–H and O–H groups in total. The number of pyridine rings is 1. The summed E-state index contributed by atoms with van der Waals surface area (Å²) in [5.41, 5.74) is 5.84. The lowest BCUT2D eigenvalue weighted by atomic mass is 10.0. The molecular formula is C24H32N4O3. The molecule has 0 aliphatic carbocycles. The van der Waals surface area contributed by atoms with Crippen molar-refractivity contribution < 1.29 is 14.3 Å². The average molecular weight is 425 g/mol. The van der Waals surface area contributed by atoms with Crippen LogP contribution < -0.4 is 0 Å². The van der Waals surface area contributed by atoms with Gasteiger partial charge in [-0.3, -0.25) is 9.58 Å². The zero-order chi connectivity index (χ0) is 22.1. The highest BCUT2D eigenvalue weighted by atomic mass is 16.5. The van der Waals surface area contributed by atoms with Gasteiger partial charge in [-0.1, -0.05) is 0 Å². The van der Waals surface area contributed by atoms with Gasteiger partial charge in [-0.25, -0.2) is 4.79 Å². The molecule has 7 heteroatoms. The summed E-state index contributed by atoms with van der Waals surface area (Å²) in [6, 6.07) is 6.25. The van der Waals surface area contributed by atoms with Gasteiger partial charge >= 0.3 is 5.97 Å². The maximum atomic E-state index is 12.9. The second-order valence-electron chi connectivity index (χ2n) is 8.40. The maximum Gasteiger partial charge on any atom is 0.338 e. The fraction of sp³-hybridized carbons (Fsp3) is 0.500. The Morgan fingerprint density at radius 3 is 2.65 bits per heavy atom. The second kappa shape index (κ2) is 8.85. The molecule has 0 amide bonds. The van der Waals surface area contributed by atoms with Crippen LogP contribution in [0.5, 0.6) is 0 Å². The summed E-state index contributed by atoms with van der Waals surface area (Å²) in [4.78, 5) is 15.3. The van der Waals surface area contributed by atoms with E-state index in [-0.39, 0.29) is 18.1 Å². The summed E-state index contributed by atoms with van der Waals surface area (Å²) >= 11 is 0. The van der Waals surface area contributed by atoms with Crippen molar-refractivity contribution in [3.8, 4) is 11.3 Å². The molecule has 7 nitrogen and oxygen atoms in total. The van der Waals surface area contributed by atoms with E-state index in [0.29, 0.717) is 5.56 Å². The highest BCUT2D eigenvalue weighted by molar-refractivity contribution is 5.93. The third-order valence-corrected chi connectivity index (χ3v) is 6.05. The normalized spacial score (nSPS) is 16.2. The lowest BCUT2D eigenvalue weighted by Crippen LogP contribution is -2.39. The van der Waals surface area contributed by atoms with Crippen LogP contribution in [0.4, 0.5) is 0 Å². The summed E-state index contributed by atoms with van der Waals surface area (Å²) in [5.74, 6) is -0.272. The molecule has 4 rings (SSSR count). The number of carbonyl (C=O) groups excluding carboxylic acids is 1. The Morgan fingerprint density at radius 2 is 1.97 bits per heavy atom. The number of ether oxygens (including phenoxy) is 2. The molecule has 1 fully saturated rings. The van der Waals surface area contributed by atoms with Crippen molar-refractivity contribution in [2.75, 3.05) is 26.3 Å². The summed E-state index contributed by atoms with van der Waals surface area (Å²) in [7, 11) is 0. The van der Waals surface area contributed by atoms with Gasteiger partial charge < -0.3 is 13.9 Å². The number of rotatable bonds is 6. The fourth-order valence-electron chi connectivity index (χ4n) is 4.49. The quantitative estimate of drug-likeness (QED) is 0.558. The molecule has 1 aliphatic rings. The van der Waals surface area contributed by atoms with Crippen molar-refractivity contribution in [1.29, 1.82) is 0 Å². The predicted molar refractivity (Wildman–Crippen MR) is 120 cm³/mol. The Bertz CT molecular complexity index is 1080. The van der Waals surface area contributed by atoms with E-state index < -0.39 is 0 Å². The molecule has 0 radical (unpaired) electrons. The van der Waals surface area contributed by atoms with E-state index >= 15 is 0 Å². The summed E-state index contributed by atoms with van der Waals surface area (Å²) in [5, 5.41) is 4.42. The van der Waals surface area contributed by atoms with E-state index in [9.17, 15) is 4.79 Å². The average Bonchev–Trinajstić information content (AvgIpc) is 3.39. The van der Waals surface area contributed by atoms with Crippen LogP contribution in [-0.4, -0.2) is 57.5 Å². The van der Waals surface area contributed by atoms with Gasteiger partial charge in [0.2, 0.25) is 0 Å². The number of hydrogen-bond donors (Lipinski definition) is 0. The molecule has 1 saturated heterocycles. The predicted octanol–water partition coefficient (Wildman–Crippen LogP) is 4.09. The van der Waals surface area contributed by atoms with Gasteiger partial charge in [0.1, 0.15) is 0 Å². The zero-order valence-electron chi connectivity index (χ0n) is 19.1. The standard InChI is InChI=1S/C24H32N4O3/c1-6-28-22(7-8-25-28)19-13-20-14-21(24(29)31-16(2)3)17(4)23(27(20)15-19)18(5)26-9-11-30-12-10-26/h7-8,13-16,18H,6,9-12H2,1-5H3. The molecule has 166 valence electrons. The van der Waals surface area contributed by atoms with Crippen LogP contribution in [0.25, 0.3) is 16.8 Å². The smallest absolute Gasteiger partial charge is 0.338 e. The van der Waals surface area contributed by atoms with Crippen molar-refractivity contribution in [2.24, 2.45) is 0 Å². The monoisotopic (exact) mass is 424 g/mol. The van der Waals surface area contributed by atoms with Crippen LogP contribution in [0.1, 0.15) is 55.4 Å². The van der Waals surface area contributed by atoms with E-state index in [2.05, 4.69) is 40.5 Å². The van der Waals surface area contributed by atoms with Gasteiger partial charge in [0.15, 0.2) is 0 Å². The van der Waals surface area contributed by atoms with Crippen LogP contribution in [0.15, 0.2) is 30.6 Å². The van der Waals surface area contributed by atoms with Gasteiger partial charge in [-0.15, -0.1) is 0 Å². The van der Waals surface area contributed by atoms with Crippen molar-refractivity contribution in [1.82, 2.24) is 19.1 Å². The molecule has 1 aliphatic heterocycles. The van der Waals surface area contributed by atoms with E-state index in [1.54, 1.807) is 0 Å². The molecule has 31 heavy (non-hydrogen) atoms. The van der Waals surface area contributed by atoms with Gasteiger partial charge in [0, 0.05) is 54.8 Å². The van der Waals surface area contributed by atoms with Crippen LogP contribution in [-0.2, 0) is 16.0 Å². The van der Waals surface area contributed by atoms with Crippen molar-refractivity contribution >= 4 is 11.5 Å². The highest BCUT2D eigenvalue weighted by Gasteiger charge is 2.26. The number of aromatic nitrogens is 3. The summed E-state index contributed by atoms with van der Waals surface area (Å²) in [6.45, 7) is 14.1. The van der Waals surface area contributed by atoms with Crippen molar-refractivity contribution in [2.45, 2.75) is 53.3 Å². The Labute approximate surface area is 183 Å². The number of esters is 1. The number of nitrogens with zero attached hydrogens (tertiary/aromatic N) is 4. The van der Waals surface area contributed by atoms with E-state index in [1.807, 2.05) is 43.8 Å². The van der Waals surface area contributed by atoms with Crippen LogP contribution in [0.2, 0.25) is 0 Å². The summed E-state index contributed by atoms with van der Waals surface area (Å²) in [6.07, 6.45) is 3.83. The minimum Gasteiger partial charge on any atom is -0.459 e. The van der Waals surface area contributed by atoms with Crippen LogP contribution in [0.3, 0.4) is 0 Å². The molecule has 1 unspecified atom stereocenters. The first kappa shape index (κ1) is 21.6. The molecule has 0 aromatic carbocycles. The minimum absolute atomic E-state index is 0.134. The maximum absolute atomic E-state index is 12.9. The number of carbonyl (C=O) groups is 1. The molecule has 3 aromatic heterocycles. The topological polar surface area (TPSA) is 61.0 Å². The zero-order valence-corrected chi connectivity index (χ0v) is 19.1. The third kappa shape index (κ3) is 4.12. The molecule has 3 aromatic rings. The molecular weight excluding hydrogens is 392 g/mol. The van der Waals surface area contributed by atoms with Crippen LogP contribution in [0, 0.1) is 6.92 Å². The van der Waals surface area contributed by atoms with Crippen molar-refractivity contribution in [3.63, 3.8) is 0 Å². The van der Waals surface area contributed by atoms with Crippen molar-refractivity contribution in [3.05, 3.63) is 47.4 Å². The summed E-state index contributed by atoms with van der Waals surface area (Å²) < 4.78 is 15.3. The number of fused-ring (bicyclic) bond motifs is 1. The number of aryl methyl sites for hydroxylation is 1. The first-order valence-electron chi connectivity index (χ1n) is 11.1. The van der Waals surface area contributed by atoms with Crippen LogP contribution >= 0.6 is 0 Å². The molecule has 0 spiro atoms. The lowest BCUT2D eigenvalue weighted by molar-refractivity contribution is 0.0186. The Morgan fingerprint density at radius 1 is 1.23 bits per heavy atom. The molecule has 4 heterocycles. The first-order chi connectivity index (χ1) is 14.9. The van der Waals surface area contributed by atoms with Gasteiger partial charge in [0.05, 0.1) is 30.6 Å². The van der Waals surface area contributed by atoms with Gasteiger partial charge in [-0.2, -0.15) is 5.10 Å². The number of hydrogen-bond acceptors (Lipinski definition) is 5. The van der Waals surface area contributed by atoms with Gasteiger partial charge in [-0.05, 0) is 58.4 Å². The third-order valence-electron chi connectivity index (χ3n) is 6.05. The first-order valence-corrected chi connectivity index (χ1v) is 11.1.